The molecule has 8 heteroatoms. The maximum Gasteiger partial charge on any atom is 0.286 e. The van der Waals surface area contributed by atoms with Gasteiger partial charge in [0.05, 0.1) is 5.75 Å². The van der Waals surface area contributed by atoms with Crippen molar-refractivity contribution < 1.29 is 9.59 Å². The van der Waals surface area contributed by atoms with Crippen LogP contribution in [0.15, 0.2) is 5.51 Å². The summed E-state index contributed by atoms with van der Waals surface area (Å²) in [4.78, 5) is 20.2. The maximum atomic E-state index is 10.1. The van der Waals surface area contributed by atoms with Gasteiger partial charge < -0.3 is 0 Å². The average Bonchev–Trinajstić information content (AvgIpc) is 2.63. The van der Waals surface area contributed by atoms with Gasteiger partial charge in [-0.15, -0.1) is 5.10 Å². The third kappa shape index (κ3) is 3.39. The van der Waals surface area contributed by atoms with E-state index in [4.69, 9.17) is 0 Å². The Morgan fingerprint density at radius 3 is 2.50 bits per heavy atom. The normalized spacial score (nSPS) is 15.0. The first-order chi connectivity index (χ1) is 5.79. The summed E-state index contributed by atoms with van der Waals surface area (Å²) in [6.45, 7) is 0. The molecule has 1 aromatic heterocycles. The highest BCUT2D eigenvalue weighted by molar-refractivity contribution is 8.14. The molecule has 0 aliphatic carbocycles. The Labute approximate surface area is 75.9 Å². The van der Waals surface area contributed by atoms with Crippen LogP contribution in [0.5, 0.6) is 0 Å². The standard InChI is InChI=1S/C3H3NO2S.CHN3S/c5-2-1-7-3(6)4-2;1-2-3-4-5-1/h1H2,(H,4,5,6);1H. The lowest BCUT2D eigenvalue weighted by Crippen LogP contribution is -2.18. The smallest absolute Gasteiger partial charge is 0.286 e. The Morgan fingerprint density at radius 2 is 2.33 bits per heavy atom. The van der Waals surface area contributed by atoms with Crippen LogP contribution in [0.3, 0.4) is 0 Å². The van der Waals surface area contributed by atoms with Crippen molar-refractivity contribution in [2.45, 2.75) is 0 Å². The molecule has 2 rings (SSSR count). The molecule has 1 aromatic rings. The summed E-state index contributed by atoms with van der Waals surface area (Å²) in [5, 5.41) is 8.49. The van der Waals surface area contributed by atoms with Gasteiger partial charge in [-0.2, -0.15) is 0 Å². The summed E-state index contributed by atoms with van der Waals surface area (Å²) in [6.07, 6.45) is 0. The fourth-order valence-electron chi connectivity index (χ4n) is 0.423. The minimum atomic E-state index is -0.231. The van der Waals surface area contributed by atoms with Gasteiger partial charge in [0, 0.05) is 11.5 Å². The molecule has 1 aliphatic rings. The number of hydrogen-bond donors (Lipinski definition) is 1. The van der Waals surface area contributed by atoms with Gasteiger partial charge in [0.25, 0.3) is 5.24 Å². The summed E-state index contributed by atoms with van der Waals surface area (Å²) in [5.41, 5.74) is 1.57. The minimum absolute atomic E-state index is 0.185. The van der Waals surface area contributed by atoms with E-state index < -0.39 is 0 Å². The molecule has 64 valence electrons. The van der Waals surface area contributed by atoms with Crippen molar-refractivity contribution in [1.82, 2.24) is 20.1 Å². The third-order valence-electron chi connectivity index (χ3n) is 0.805. The molecular formula is C4H4N4O2S2. The molecule has 12 heavy (non-hydrogen) atoms. The lowest BCUT2D eigenvalue weighted by Gasteiger charge is -1.77. The van der Waals surface area contributed by atoms with Crippen LogP contribution in [-0.2, 0) is 4.79 Å². The van der Waals surface area contributed by atoms with E-state index in [1.807, 2.05) is 0 Å². The molecule has 0 saturated carbocycles. The van der Waals surface area contributed by atoms with E-state index in [-0.39, 0.29) is 11.1 Å². The molecule has 1 fully saturated rings. The second-order valence-electron chi connectivity index (χ2n) is 1.62. The number of aromatic nitrogens is 3. The predicted octanol–water partition coefficient (Wildman–Crippen LogP) is -0.0975. The summed E-state index contributed by atoms with van der Waals surface area (Å²) >= 11 is 2.25. The number of nitrogens with one attached hydrogen (secondary N) is 1. The van der Waals surface area contributed by atoms with Gasteiger partial charge in [-0.3, -0.25) is 14.9 Å². The van der Waals surface area contributed by atoms with Crippen LogP contribution in [0.2, 0.25) is 0 Å². The summed E-state index contributed by atoms with van der Waals surface area (Å²) in [5.74, 6) is 0.105. The predicted molar refractivity (Wildman–Crippen MR) is 43.7 cm³/mol. The van der Waals surface area contributed by atoms with Crippen LogP contribution in [0, 0.1) is 0 Å². The molecule has 1 aliphatic heterocycles. The number of carbonyl (C=O) groups excluding carboxylic acids is 2. The van der Waals surface area contributed by atoms with Gasteiger partial charge in [-0.25, -0.2) is 0 Å². The van der Waals surface area contributed by atoms with Crippen LogP contribution in [0.1, 0.15) is 0 Å². The van der Waals surface area contributed by atoms with Gasteiger partial charge in [0.2, 0.25) is 5.91 Å². The molecule has 0 aromatic carbocycles. The number of hydrogen-bond acceptors (Lipinski definition) is 7. The number of rotatable bonds is 0. The van der Waals surface area contributed by atoms with Crippen LogP contribution >= 0.6 is 23.3 Å². The number of nitrogens with zero attached hydrogens (tertiary/aromatic N) is 3. The van der Waals surface area contributed by atoms with E-state index in [1.165, 1.54) is 11.5 Å². The number of carbonyl (C=O) groups is 2. The van der Waals surface area contributed by atoms with Crippen LogP contribution in [0.25, 0.3) is 0 Å². The number of imide groups is 1. The fourth-order valence-corrected chi connectivity index (χ4v) is 1.15. The van der Waals surface area contributed by atoms with Crippen molar-refractivity contribution in [2.75, 3.05) is 5.75 Å². The molecule has 0 bridgehead atoms. The Morgan fingerprint density at radius 1 is 1.50 bits per heavy atom. The van der Waals surface area contributed by atoms with E-state index in [9.17, 15) is 9.59 Å². The Balaban J connectivity index is 0.000000127. The van der Waals surface area contributed by atoms with Gasteiger partial charge in [0.15, 0.2) is 0 Å². The van der Waals surface area contributed by atoms with Crippen molar-refractivity contribution in [3.8, 4) is 0 Å². The second kappa shape index (κ2) is 4.78. The lowest BCUT2D eigenvalue weighted by atomic mass is 10.7. The van der Waals surface area contributed by atoms with Gasteiger partial charge in [0.1, 0.15) is 5.51 Å². The molecule has 0 unspecified atom stereocenters. The van der Waals surface area contributed by atoms with Gasteiger partial charge in [-0.05, 0) is 5.21 Å². The monoisotopic (exact) mass is 204 g/mol. The fraction of sp³-hybridized carbons (Fsp3) is 0.250. The van der Waals surface area contributed by atoms with Crippen molar-refractivity contribution in [2.24, 2.45) is 0 Å². The summed E-state index contributed by atoms with van der Waals surface area (Å²) in [7, 11) is 0. The Hall–Kier alpha value is -1.02. The highest BCUT2D eigenvalue weighted by Gasteiger charge is 2.16. The topological polar surface area (TPSA) is 84.8 Å². The molecule has 0 radical (unpaired) electrons. The van der Waals surface area contributed by atoms with Crippen molar-refractivity contribution in [3.63, 3.8) is 0 Å². The van der Waals surface area contributed by atoms with E-state index in [2.05, 4.69) is 20.1 Å². The van der Waals surface area contributed by atoms with Crippen molar-refractivity contribution in [3.05, 3.63) is 5.51 Å². The molecule has 0 spiro atoms. The Kier molecular flexibility index (Phi) is 3.61. The zero-order chi connectivity index (χ0) is 8.81. The van der Waals surface area contributed by atoms with Crippen LogP contribution in [-0.4, -0.2) is 31.7 Å². The molecule has 2 amide bonds. The van der Waals surface area contributed by atoms with Crippen molar-refractivity contribution in [1.29, 1.82) is 0 Å². The quantitative estimate of drug-likeness (QED) is 0.635. The third-order valence-corrected chi connectivity index (χ3v) is 1.93. The first-order valence-corrected chi connectivity index (χ1v) is 4.65. The zero-order valence-corrected chi connectivity index (χ0v) is 7.39. The largest absolute Gasteiger partial charge is 0.286 e. The Bertz CT molecular complexity index is 231. The SMILES string of the molecule is O=C1CSC(=O)N1.c1nnns1. The van der Waals surface area contributed by atoms with Gasteiger partial charge >= 0.3 is 0 Å². The van der Waals surface area contributed by atoms with E-state index in [0.717, 1.165) is 11.8 Å². The first kappa shape index (κ1) is 9.07. The zero-order valence-electron chi connectivity index (χ0n) is 5.76. The lowest BCUT2D eigenvalue weighted by molar-refractivity contribution is -0.117. The number of amides is 2. The highest BCUT2D eigenvalue weighted by Crippen LogP contribution is 2.06. The molecule has 0 atom stereocenters. The molecule has 6 nitrogen and oxygen atoms in total. The van der Waals surface area contributed by atoms with Crippen LogP contribution < -0.4 is 5.32 Å². The molecule has 2 heterocycles. The second-order valence-corrected chi connectivity index (χ2v) is 3.15. The summed E-state index contributed by atoms with van der Waals surface area (Å²) in [6, 6.07) is 0. The molecule has 1 N–H and O–H groups in total. The average molecular weight is 204 g/mol. The molecule has 1 saturated heterocycles. The highest BCUT2D eigenvalue weighted by atomic mass is 32.2. The first-order valence-electron chi connectivity index (χ1n) is 2.83. The van der Waals surface area contributed by atoms with E-state index >= 15 is 0 Å². The van der Waals surface area contributed by atoms with Gasteiger partial charge in [-0.1, -0.05) is 16.3 Å². The summed E-state index contributed by atoms with van der Waals surface area (Å²) < 4.78 is 3.40. The number of thioether (sulfide) groups is 1. The molecular weight excluding hydrogens is 200 g/mol. The minimum Gasteiger partial charge on any atom is -0.286 e. The maximum absolute atomic E-state index is 10.1. The van der Waals surface area contributed by atoms with Crippen molar-refractivity contribution >= 4 is 34.4 Å². The van der Waals surface area contributed by atoms with E-state index in [1.54, 1.807) is 5.51 Å². The van der Waals surface area contributed by atoms with E-state index in [0.29, 0.717) is 5.75 Å². The van der Waals surface area contributed by atoms with Crippen LogP contribution in [0.4, 0.5) is 4.79 Å².